The molecule has 0 radical (unpaired) electrons. The fraction of sp³-hybridized carbons (Fsp3) is 0.778. The second kappa shape index (κ2) is 5.48. The molecule has 1 N–H and O–H groups in total. The molecule has 6 heteroatoms. The molecule has 1 aromatic rings. The molecule has 0 amide bonds. The number of aryl methyl sites for hydroxylation is 1. The quantitative estimate of drug-likeness (QED) is 0.817. The minimum Gasteiger partial charge on any atom is -0.367 e. The maximum Gasteiger partial charge on any atom is 0.227 e. The third kappa shape index (κ3) is 2.93. The van der Waals surface area contributed by atoms with Crippen LogP contribution < -0.4 is 5.32 Å². The molecule has 0 spiro atoms. The lowest BCUT2D eigenvalue weighted by Crippen LogP contribution is -2.33. The van der Waals surface area contributed by atoms with Crippen molar-refractivity contribution in [1.82, 2.24) is 15.5 Å². The molecule has 15 heavy (non-hydrogen) atoms. The van der Waals surface area contributed by atoms with Crippen LogP contribution in [0.3, 0.4) is 0 Å². The van der Waals surface area contributed by atoms with E-state index in [0.29, 0.717) is 18.3 Å². The smallest absolute Gasteiger partial charge is 0.227 e. The van der Waals surface area contributed by atoms with Crippen molar-refractivity contribution in [1.29, 1.82) is 0 Å². The number of nitrogens with zero attached hydrogens (tertiary/aromatic N) is 2. The number of morpholine rings is 1. The Balaban J connectivity index is 1.93. The summed E-state index contributed by atoms with van der Waals surface area (Å²) in [5.41, 5.74) is 0. The van der Waals surface area contributed by atoms with Gasteiger partial charge in [-0.1, -0.05) is 5.16 Å². The Labute approximate surface area is 93.0 Å². The van der Waals surface area contributed by atoms with Gasteiger partial charge in [-0.3, -0.25) is 0 Å². The summed E-state index contributed by atoms with van der Waals surface area (Å²) >= 11 is 1.77. The van der Waals surface area contributed by atoms with E-state index >= 15 is 0 Å². The molecule has 1 aliphatic heterocycles. The topological polar surface area (TPSA) is 60.2 Å². The Bertz CT molecular complexity index is 299. The third-order valence-corrected chi connectivity index (χ3v) is 2.83. The van der Waals surface area contributed by atoms with Gasteiger partial charge in [-0.25, -0.2) is 0 Å². The van der Waals surface area contributed by atoms with E-state index in [0.717, 1.165) is 25.3 Å². The van der Waals surface area contributed by atoms with Crippen LogP contribution in [-0.2, 0) is 11.2 Å². The van der Waals surface area contributed by atoms with Gasteiger partial charge < -0.3 is 14.6 Å². The van der Waals surface area contributed by atoms with E-state index in [9.17, 15) is 0 Å². The molecule has 1 atom stereocenters. The van der Waals surface area contributed by atoms with Gasteiger partial charge >= 0.3 is 0 Å². The van der Waals surface area contributed by atoms with Gasteiger partial charge in [0.25, 0.3) is 0 Å². The standard InChI is InChI=1S/C9H15N3O2S/c1-15-5-2-8-11-9(12-14-8)7-6-10-3-4-13-7/h7,10H,2-6H2,1H3. The maximum absolute atomic E-state index is 5.53. The van der Waals surface area contributed by atoms with Crippen LogP contribution in [-0.4, -0.2) is 41.8 Å². The lowest BCUT2D eigenvalue weighted by atomic mass is 10.3. The van der Waals surface area contributed by atoms with Crippen LogP contribution in [0.25, 0.3) is 0 Å². The van der Waals surface area contributed by atoms with Crippen LogP contribution in [0.5, 0.6) is 0 Å². The fourth-order valence-corrected chi connectivity index (χ4v) is 1.80. The van der Waals surface area contributed by atoms with Crippen molar-refractivity contribution in [2.45, 2.75) is 12.5 Å². The van der Waals surface area contributed by atoms with Gasteiger partial charge in [0.05, 0.1) is 6.61 Å². The highest BCUT2D eigenvalue weighted by Crippen LogP contribution is 2.15. The van der Waals surface area contributed by atoms with E-state index in [1.165, 1.54) is 0 Å². The van der Waals surface area contributed by atoms with Crippen LogP contribution in [0.15, 0.2) is 4.52 Å². The zero-order chi connectivity index (χ0) is 10.5. The number of rotatable bonds is 4. The Morgan fingerprint density at radius 1 is 1.60 bits per heavy atom. The van der Waals surface area contributed by atoms with Crippen LogP contribution >= 0.6 is 11.8 Å². The zero-order valence-corrected chi connectivity index (χ0v) is 9.55. The molecule has 1 saturated heterocycles. The van der Waals surface area contributed by atoms with Crippen LogP contribution in [0.4, 0.5) is 0 Å². The van der Waals surface area contributed by atoms with Gasteiger partial charge in [-0.2, -0.15) is 16.7 Å². The first-order valence-corrected chi connectivity index (χ1v) is 6.43. The van der Waals surface area contributed by atoms with Gasteiger partial charge in [0.2, 0.25) is 11.7 Å². The second-order valence-electron chi connectivity index (χ2n) is 3.35. The van der Waals surface area contributed by atoms with Gasteiger partial charge in [0, 0.05) is 25.3 Å². The first kappa shape index (κ1) is 10.9. The Hall–Kier alpha value is -0.590. The lowest BCUT2D eigenvalue weighted by molar-refractivity contribution is 0.0208. The molecule has 2 heterocycles. The first-order chi connectivity index (χ1) is 7.40. The summed E-state index contributed by atoms with van der Waals surface area (Å²) in [5, 5.41) is 7.17. The molecular formula is C9H15N3O2S. The molecule has 0 bridgehead atoms. The number of nitrogens with one attached hydrogen (secondary N) is 1. The lowest BCUT2D eigenvalue weighted by Gasteiger charge is -2.20. The summed E-state index contributed by atoms with van der Waals surface area (Å²) in [4.78, 5) is 4.32. The highest BCUT2D eigenvalue weighted by Gasteiger charge is 2.21. The number of hydrogen-bond acceptors (Lipinski definition) is 6. The summed E-state index contributed by atoms with van der Waals surface area (Å²) in [6.07, 6.45) is 2.84. The van der Waals surface area contributed by atoms with Gasteiger partial charge in [0.15, 0.2) is 0 Å². The average molecular weight is 229 g/mol. The van der Waals surface area contributed by atoms with E-state index in [1.807, 2.05) is 0 Å². The van der Waals surface area contributed by atoms with E-state index in [1.54, 1.807) is 11.8 Å². The van der Waals surface area contributed by atoms with Crippen molar-refractivity contribution >= 4 is 11.8 Å². The molecule has 84 valence electrons. The molecule has 2 rings (SSSR count). The molecule has 0 saturated carbocycles. The van der Waals surface area contributed by atoms with E-state index < -0.39 is 0 Å². The SMILES string of the molecule is CSCCc1nc(C2CNCCO2)no1. The summed E-state index contributed by atoms with van der Waals surface area (Å²) in [7, 11) is 0. The summed E-state index contributed by atoms with van der Waals surface area (Å²) in [6.45, 7) is 2.37. The van der Waals surface area contributed by atoms with Crippen LogP contribution in [0.2, 0.25) is 0 Å². The highest BCUT2D eigenvalue weighted by molar-refractivity contribution is 7.98. The Morgan fingerprint density at radius 2 is 2.53 bits per heavy atom. The normalized spacial score (nSPS) is 21.8. The molecule has 5 nitrogen and oxygen atoms in total. The highest BCUT2D eigenvalue weighted by atomic mass is 32.2. The summed E-state index contributed by atoms with van der Waals surface area (Å²) in [5.74, 6) is 2.37. The van der Waals surface area contributed by atoms with Gasteiger partial charge in [-0.05, 0) is 6.26 Å². The van der Waals surface area contributed by atoms with Crippen molar-refractivity contribution in [3.63, 3.8) is 0 Å². The van der Waals surface area contributed by atoms with Gasteiger partial charge in [0.1, 0.15) is 6.10 Å². The first-order valence-electron chi connectivity index (χ1n) is 5.04. The molecular weight excluding hydrogens is 214 g/mol. The summed E-state index contributed by atoms with van der Waals surface area (Å²) < 4.78 is 10.7. The second-order valence-corrected chi connectivity index (χ2v) is 4.34. The number of ether oxygens (including phenoxy) is 1. The van der Waals surface area contributed by atoms with Gasteiger partial charge in [-0.15, -0.1) is 0 Å². The molecule has 1 unspecified atom stereocenters. The molecule has 1 fully saturated rings. The van der Waals surface area contributed by atoms with Crippen molar-refractivity contribution in [3.8, 4) is 0 Å². The van der Waals surface area contributed by atoms with Crippen LogP contribution in [0, 0.1) is 0 Å². The molecule has 1 aliphatic rings. The minimum atomic E-state index is -0.0504. The monoisotopic (exact) mass is 229 g/mol. The predicted octanol–water partition coefficient (Wildman–Crippen LogP) is 0.636. The summed E-state index contributed by atoms with van der Waals surface area (Å²) in [6, 6.07) is 0. The Morgan fingerprint density at radius 3 is 3.27 bits per heavy atom. The van der Waals surface area contributed by atoms with Crippen molar-refractivity contribution in [2.75, 3.05) is 31.7 Å². The van der Waals surface area contributed by atoms with E-state index in [-0.39, 0.29) is 6.10 Å². The Kier molecular flexibility index (Phi) is 3.99. The fourth-order valence-electron chi connectivity index (χ4n) is 1.42. The maximum atomic E-state index is 5.53. The van der Waals surface area contributed by atoms with Crippen molar-refractivity contribution in [2.24, 2.45) is 0 Å². The largest absolute Gasteiger partial charge is 0.367 e. The van der Waals surface area contributed by atoms with E-state index in [4.69, 9.17) is 9.26 Å². The number of aromatic nitrogens is 2. The van der Waals surface area contributed by atoms with Crippen molar-refractivity contribution in [3.05, 3.63) is 11.7 Å². The average Bonchev–Trinajstić information content (AvgIpc) is 2.76. The van der Waals surface area contributed by atoms with Crippen molar-refractivity contribution < 1.29 is 9.26 Å². The van der Waals surface area contributed by atoms with Crippen LogP contribution in [0.1, 0.15) is 17.8 Å². The molecule has 0 aromatic carbocycles. The molecule has 0 aliphatic carbocycles. The third-order valence-electron chi connectivity index (χ3n) is 2.22. The molecule has 1 aromatic heterocycles. The number of hydrogen-bond donors (Lipinski definition) is 1. The minimum absolute atomic E-state index is 0.0504. The van der Waals surface area contributed by atoms with E-state index in [2.05, 4.69) is 21.7 Å². The predicted molar refractivity (Wildman–Crippen MR) is 57.9 cm³/mol. The number of thioether (sulfide) groups is 1. The zero-order valence-electron chi connectivity index (χ0n) is 8.73.